The van der Waals surface area contributed by atoms with Gasteiger partial charge in [0, 0.05) is 6.07 Å². The average Bonchev–Trinajstić information content (AvgIpc) is 2.47. The zero-order valence-corrected chi connectivity index (χ0v) is 11.5. The van der Waals surface area contributed by atoms with Gasteiger partial charge in [-0.3, -0.25) is 20.1 Å². The predicted octanol–water partition coefficient (Wildman–Crippen LogP) is 3.28. The number of hydroxylamine groups is 2. The predicted molar refractivity (Wildman–Crippen MR) is 76.2 cm³/mol. The van der Waals surface area contributed by atoms with Gasteiger partial charge in [0.1, 0.15) is 5.02 Å². The third kappa shape index (κ3) is 3.36. The molecule has 108 valence electrons. The van der Waals surface area contributed by atoms with Gasteiger partial charge in [0.15, 0.2) is 0 Å². The number of carbonyl (C=O) groups excluding carboxylic acids is 1. The summed E-state index contributed by atoms with van der Waals surface area (Å²) in [6.45, 7) is -0.0430. The van der Waals surface area contributed by atoms with Crippen LogP contribution in [0.3, 0.4) is 0 Å². The third-order valence-electron chi connectivity index (χ3n) is 2.82. The number of rotatable bonds is 4. The molecule has 2 rings (SSSR count). The van der Waals surface area contributed by atoms with E-state index in [0.717, 1.165) is 5.56 Å². The molecule has 2 aromatic rings. The lowest BCUT2D eigenvalue weighted by atomic mass is 10.1. The number of nitro benzene ring substituents is 1. The maximum Gasteiger partial charge on any atom is 0.288 e. The monoisotopic (exact) mass is 306 g/mol. The molecule has 1 N–H and O–H groups in total. The van der Waals surface area contributed by atoms with E-state index in [4.69, 9.17) is 11.6 Å². The Morgan fingerprint density at radius 2 is 1.86 bits per heavy atom. The second-order valence-corrected chi connectivity index (χ2v) is 4.62. The van der Waals surface area contributed by atoms with Gasteiger partial charge in [0.05, 0.1) is 17.0 Å². The number of halogens is 1. The van der Waals surface area contributed by atoms with E-state index in [2.05, 4.69) is 0 Å². The summed E-state index contributed by atoms with van der Waals surface area (Å²) in [6, 6.07) is 12.7. The summed E-state index contributed by atoms with van der Waals surface area (Å²) in [6.07, 6.45) is 0. The van der Waals surface area contributed by atoms with Gasteiger partial charge in [-0.2, -0.15) is 0 Å². The second-order valence-electron chi connectivity index (χ2n) is 4.24. The third-order valence-corrected chi connectivity index (χ3v) is 3.21. The number of amides is 1. The van der Waals surface area contributed by atoms with Gasteiger partial charge in [0.2, 0.25) is 0 Å². The molecule has 2 aromatic carbocycles. The van der Waals surface area contributed by atoms with Gasteiger partial charge in [-0.15, -0.1) is 0 Å². The fourth-order valence-corrected chi connectivity index (χ4v) is 2.07. The molecule has 21 heavy (non-hydrogen) atoms. The molecule has 0 saturated carbocycles. The second kappa shape index (κ2) is 6.34. The van der Waals surface area contributed by atoms with Crippen LogP contribution in [0.1, 0.15) is 15.9 Å². The summed E-state index contributed by atoms with van der Waals surface area (Å²) in [7, 11) is 0. The fraction of sp³-hybridized carbons (Fsp3) is 0.0714. The number of nitro groups is 1. The Morgan fingerprint density at radius 3 is 2.48 bits per heavy atom. The quantitative estimate of drug-likeness (QED) is 0.534. The Morgan fingerprint density at radius 1 is 1.19 bits per heavy atom. The number of hydrogen-bond donors (Lipinski definition) is 1. The standard InChI is InChI=1S/C14H11ClN2O4/c15-13-11(7-4-8-12(13)17(20)21)14(18)16(19)9-10-5-2-1-3-6-10/h1-8,19H,9H2. The van der Waals surface area contributed by atoms with E-state index in [1.165, 1.54) is 18.2 Å². The smallest absolute Gasteiger partial charge is 0.285 e. The van der Waals surface area contributed by atoms with Crippen molar-refractivity contribution in [1.82, 2.24) is 5.06 Å². The Balaban J connectivity index is 2.24. The van der Waals surface area contributed by atoms with Crippen LogP contribution in [-0.4, -0.2) is 21.1 Å². The van der Waals surface area contributed by atoms with E-state index >= 15 is 0 Å². The minimum atomic E-state index is -0.799. The number of hydrogen-bond acceptors (Lipinski definition) is 4. The number of benzene rings is 2. The van der Waals surface area contributed by atoms with Gasteiger partial charge in [0.25, 0.3) is 11.6 Å². The Bertz CT molecular complexity index is 676. The van der Waals surface area contributed by atoms with Crippen molar-refractivity contribution in [3.63, 3.8) is 0 Å². The highest BCUT2D eigenvalue weighted by Gasteiger charge is 2.23. The highest BCUT2D eigenvalue weighted by molar-refractivity contribution is 6.35. The largest absolute Gasteiger partial charge is 0.288 e. The molecule has 0 radical (unpaired) electrons. The summed E-state index contributed by atoms with van der Waals surface area (Å²) >= 11 is 5.85. The van der Waals surface area contributed by atoms with Crippen molar-refractivity contribution in [1.29, 1.82) is 0 Å². The SMILES string of the molecule is O=C(c1cccc([N+](=O)[O-])c1Cl)N(O)Cc1ccccc1. The summed E-state index contributed by atoms with van der Waals surface area (Å²) in [4.78, 5) is 22.2. The van der Waals surface area contributed by atoms with Gasteiger partial charge in [-0.05, 0) is 11.6 Å². The van der Waals surface area contributed by atoms with Crippen LogP contribution in [0.5, 0.6) is 0 Å². The van der Waals surface area contributed by atoms with Crippen molar-refractivity contribution >= 4 is 23.2 Å². The van der Waals surface area contributed by atoms with Crippen molar-refractivity contribution in [3.05, 3.63) is 74.8 Å². The van der Waals surface area contributed by atoms with Crippen LogP contribution in [-0.2, 0) is 6.54 Å². The van der Waals surface area contributed by atoms with E-state index in [1.54, 1.807) is 24.3 Å². The molecule has 0 atom stereocenters. The van der Waals surface area contributed by atoms with Crippen LogP contribution >= 0.6 is 11.6 Å². The molecule has 0 spiro atoms. The van der Waals surface area contributed by atoms with E-state index in [0.29, 0.717) is 5.06 Å². The van der Waals surface area contributed by atoms with Crippen LogP contribution < -0.4 is 0 Å². The lowest BCUT2D eigenvalue weighted by Gasteiger charge is -2.15. The zero-order valence-electron chi connectivity index (χ0n) is 10.8. The molecule has 7 heteroatoms. The van der Waals surface area contributed by atoms with Crippen molar-refractivity contribution < 1.29 is 14.9 Å². The lowest BCUT2D eigenvalue weighted by molar-refractivity contribution is -0.384. The van der Waals surface area contributed by atoms with Crippen LogP contribution in [0.4, 0.5) is 5.69 Å². The van der Waals surface area contributed by atoms with Crippen molar-refractivity contribution in [3.8, 4) is 0 Å². The first-order chi connectivity index (χ1) is 10.0. The van der Waals surface area contributed by atoms with E-state index in [-0.39, 0.29) is 22.8 Å². The Kier molecular flexibility index (Phi) is 4.52. The molecular formula is C14H11ClN2O4. The van der Waals surface area contributed by atoms with Gasteiger partial charge in [-0.1, -0.05) is 48.0 Å². The first-order valence-corrected chi connectivity index (χ1v) is 6.36. The molecule has 0 heterocycles. The Hall–Kier alpha value is -2.44. The zero-order chi connectivity index (χ0) is 15.4. The van der Waals surface area contributed by atoms with Crippen molar-refractivity contribution in [2.24, 2.45) is 0 Å². The molecule has 0 aliphatic rings. The minimum Gasteiger partial charge on any atom is -0.285 e. The minimum absolute atomic E-state index is 0.0430. The molecule has 0 aliphatic carbocycles. The first kappa shape index (κ1) is 15.0. The highest BCUT2D eigenvalue weighted by Crippen LogP contribution is 2.28. The molecule has 0 saturated heterocycles. The van der Waals surface area contributed by atoms with Gasteiger partial charge in [-0.25, -0.2) is 5.06 Å². The molecule has 0 unspecified atom stereocenters. The van der Waals surface area contributed by atoms with Crippen molar-refractivity contribution in [2.45, 2.75) is 6.54 Å². The summed E-state index contributed by atoms with van der Waals surface area (Å²) in [5.41, 5.74) is 0.217. The molecule has 0 fully saturated rings. The first-order valence-electron chi connectivity index (χ1n) is 5.98. The molecule has 6 nitrogen and oxygen atoms in total. The summed E-state index contributed by atoms with van der Waals surface area (Å²) < 4.78 is 0. The van der Waals surface area contributed by atoms with Crippen LogP contribution in [0.2, 0.25) is 5.02 Å². The van der Waals surface area contributed by atoms with Crippen molar-refractivity contribution in [2.75, 3.05) is 0 Å². The summed E-state index contributed by atoms with van der Waals surface area (Å²) in [5.74, 6) is -0.799. The van der Waals surface area contributed by atoms with E-state index < -0.39 is 10.8 Å². The normalized spacial score (nSPS) is 10.2. The maximum atomic E-state index is 12.1. The molecule has 0 aliphatic heterocycles. The van der Waals surface area contributed by atoms with E-state index in [9.17, 15) is 20.1 Å². The van der Waals surface area contributed by atoms with Crippen LogP contribution in [0, 0.1) is 10.1 Å². The van der Waals surface area contributed by atoms with E-state index in [1.807, 2.05) is 6.07 Å². The fourth-order valence-electron chi connectivity index (χ4n) is 1.79. The lowest BCUT2D eigenvalue weighted by Crippen LogP contribution is -2.27. The highest BCUT2D eigenvalue weighted by atomic mass is 35.5. The Labute approximate surface area is 125 Å². The molecular weight excluding hydrogens is 296 g/mol. The van der Waals surface area contributed by atoms with Gasteiger partial charge >= 0.3 is 0 Å². The molecule has 1 amide bonds. The summed E-state index contributed by atoms with van der Waals surface area (Å²) in [5, 5.41) is 20.8. The van der Waals surface area contributed by atoms with Crippen LogP contribution in [0.25, 0.3) is 0 Å². The van der Waals surface area contributed by atoms with Gasteiger partial charge < -0.3 is 0 Å². The number of nitrogens with zero attached hydrogens (tertiary/aromatic N) is 2. The topological polar surface area (TPSA) is 83.7 Å². The number of carbonyl (C=O) groups is 1. The maximum absolute atomic E-state index is 12.1. The molecule has 0 aromatic heterocycles. The molecule has 0 bridgehead atoms. The van der Waals surface area contributed by atoms with Crippen LogP contribution in [0.15, 0.2) is 48.5 Å². The average molecular weight is 307 g/mol.